The van der Waals surface area contributed by atoms with Crippen LogP contribution in [0.5, 0.6) is 0 Å². The molecule has 1 aromatic heterocycles. The zero-order chi connectivity index (χ0) is 28.4. The van der Waals surface area contributed by atoms with Gasteiger partial charge in [0.15, 0.2) is 18.1 Å². The van der Waals surface area contributed by atoms with Gasteiger partial charge in [-0.15, -0.1) is 0 Å². The first-order chi connectivity index (χ1) is 18.5. The lowest BCUT2D eigenvalue weighted by Gasteiger charge is -2.35. The molecule has 3 amide bonds. The Hall–Kier alpha value is -3.65. The normalized spacial score (nSPS) is 33.1. The number of primary amides is 1. The molecule has 3 aliphatic rings. The highest BCUT2D eigenvalue weighted by Gasteiger charge is 2.53. The van der Waals surface area contributed by atoms with E-state index in [1.807, 2.05) is 0 Å². The van der Waals surface area contributed by atoms with E-state index in [1.165, 1.54) is 14.2 Å². The van der Waals surface area contributed by atoms with Gasteiger partial charge in [0.25, 0.3) is 17.4 Å². The molecule has 1 aromatic rings. The van der Waals surface area contributed by atoms with Gasteiger partial charge < -0.3 is 44.9 Å². The summed E-state index contributed by atoms with van der Waals surface area (Å²) < 4.78 is 28.8. The van der Waals surface area contributed by atoms with Crippen LogP contribution in [-0.4, -0.2) is 107 Å². The van der Waals surface area contributed by atoms with Gasteiger partial charge in [-0.2, -0.15) is 0 Å². The smallest absolute Gasteiger partial charge is 0.330 e. The Balaban J connectivity index is 1.56. The van der Waals surface area contributed by atoms with Gasteiger partial charge in [-0.1, -0.05) is 0 Å². The number of aliphatic hydroxyl groups excluding tert-OH is 2. The summed E-state index contributed by atoms with van der Waals surface area (Å²) in [7, 11) is 2.56. The predicted molar refractivity (Wildman–Crippen MR) is 122 cm³/mol. The molecule has 18 nitrogen and oxygen atoms in total. The molecule has 0 radical (unpaired) electrons. The van der Waals surface area contributed by atoms with Crippen LogP contribution in [0.4, 0.5) is 0 Å². The Morgan fingerprint density at radius 1 is 1.21 bits per heavy atom. The fourth-order valence-electron chi connectivity index (χ4n) is 4.30. The van der Waals surface area contributed by atoms with Crippen molar-refractivity contribution < 1.29 is 53.1 Å². The van der Waals surface area contributed by atoms with Crippen molar-refractivity contribution in [2.45, 2.75) is 55.2 Å². The number of methoxy groups -OCH3 is 2. The Morgan fingerprint density at radius 3 is 2.51 bits per heavy atom. The molecule has 0 aromatic carbocycles. The Kier molecular flexibility index (Phi) is 8.45. The third-order valence-corrected chi connectivity index (χ3v) is 6.22. The summed E-state index contributed by atoms with van der Waals surface area (Å²) in [5, 5.41) is 23.1. The van der Waals surface area contributed by atoms with E-state index in [4.69, 9.17) is 34.3 Å². The van der Waals surface area contributed by atoms with E-state index in [0.29, 0.717) is 0 Å². The molecule has 39 heavy (non-hydrogen) atoms. The number of nitrogens with two attached hydrogens (primary N) is 1. The molecule has 0 aliphatic carbocycles. The second kappa shape index (κ2) is 11.6. The molecule has 2 saturated heterocycles. The van der Waals surface area contributed by atoms with Gasteiger partial charge in [0.1, 0.15) is 43.2 Å². The number of carbonyl (C=O) groups excluding carboxylic acids is 3. The summed E-state index contributed by atoms with van der Waals surface area (Å²) in [6.45, 7) is -0.162. The molecular formula is C21H27N5O13. The second-order valence-electron chi connectivity index (χ2n) is 8.67. The topological polar surface area (TPSA) is 252 Å². The molecule has 18 heteroatoms. The average Bonchev–Trinajstić information content (AvgIpc) is 3.46. The van der Waals surface area contributed by atoms with Crippen molar-refractivity contribution >= 4 is 17.7 Å². The van der Waals surface area contributed by atoms with Gasteiger partial charge in [0.05, 0.1) is 0 Å². The lowest BCUT2D eigenvalue weighted by atomic mass is 10.0. The number of aromatic nitrogens is 2. The highest BCUT2D eigenvalue weighted by atomic mass is 16.7. The van der Waals surface area contributed by atoms with Gasteiger partial charge in [-0.05, 0) is 6.08 Å². The minimum Gasteiger partial charge on any atom is -0.456 e. The summed E-state index contributed by atoms with van der Waals surface area (Å²) in [4.78, 5) is 67.5. The molecular weight excluding hydrogens is 530 g/mol. The minimum absolute atomic E-state index is 0.162. The minimum atomic E-state index is -1.83. The van der Waals surface area contributed by atoms with E-state index >= 15 is 0 Å². The largest absolute Gasteiger partial charge is 0.456 e. The third-order valence-electron chi connectivity index (χ3n) is 6.22. The number of hydroxylamine groups is 1. The van der Waals surface area contributed by atoms with Crippen LogP contribution in [-0.2, 0) is 42.9 Å². The predicted octanol–water partition coefficient (Wildman–Crippen LogP) is -5.16. The Labute approximate surface area is 218 Å². The van der Waals surface area contributed by atoms with Gasteiger partial charge >= 0.3 is 5.69 Å². The number of H-pyrrole nitrogens is 1. The summed E-state index contributed by atoms with van der Waals surface area (Å²) in [6, 6.07) is 0.0278. The number of carbonyl (C=O) groups is 3. The standard InChI is InChI=1S/C21H27N5O13/c1-34-12-13(38-19(15(12)35-2)26-4-3-10(28)24-21(26)33)14(16(22)30)39-20-11(29)8(27)5-9(37-20)18(32)23-7-6-36-25-17(7)31/h3-5,7-8,11-15,19-20,27,29H,6H2,1-2H3,(H2,22,30)(H,23,32)(H,25,31)(H,24,28,33)/t7-,8?,11?,12?,13+,14?,15?,19-,20-/m1/s1. The first-order valence-corrected chi connectivity index (χ1v) is 11.5. The maximum atomic E-state index is 12.6. The zero-order valence-electron chi connectivity index (χ0n) is 20.5. The van der Waals surface area contributed by atoms with E-state index < -0.39 is 89.9 Å². The molecule has 0 saturated carbocycles. The third kappa shape index (κ3) is 5.71. The van der Waals surface area contributed by atoms with E-state index in [-0.39, 0.29) is 6.61 Å². The number of rotatable bonds is 9. The molecule has 7 N–H and O–H groups in total. The van der Waals surface area contributed by atoms with Crippen molar-refractivity contribution in [3.05, 3.63) is 44.9 Å². The van der Waals surface area contributed by atoms with Gasteiger partial charge in [0.2, 0.25) is 12.2 Å². The van der Waals surface area contributed by atoms with Crippen molar-refractivity contribution in [1.29, 1.82) is 0 Å². The molecule has 214 valence electrons. The van der Waals surface area contributed by atoms with Crippen molar-refractivity contribution in [1.82, 2.24) is 20.3 Å². The van der Waals surface area contributed by atoms with Crippen molar-refractivity contribution in [2.75, 3.05) is 20.8 Å². The SMILES string of the molecule is COC1C(OC)[C@H](n2ccc(=O)[nH]c2=O)O[C@@H]1C(O[C@H]1OC(C(=O)N[C@@H]2CONC2=O)=CC(O)C1O)C(N)=O. The second-order valence-corrected chi connectivity index (χ2v) is 8.67. The molecule has 5 unspecified atom stereocenters. The molecule has 0 bridgehead atoms. The number of aromatic amines is 1. The maximum Gasteiger partial charge on any atom is 0.330 e. The number of amides is 3. The van der Waals surface area contributed by atoms with Crippen LogP contribution in [0.1, 0.15) is 6.23 Å². The Morgan fingerprint density at radius 2 is 1.92 bits per heavy atom. The number of hydrogen-bond acceptors (Lipinski definition) is 13. The molecule has 2 fully saturated rings. The van der Waals surface area contributed by atoms with Crippen molar-refractivity contribution in [3.63, 3.8) is 0 Å². The van der Waals surface area contributed by atoms with Gasteiger partial charge in [0, 0.05) is 26.5 Å². The van der Waals surface area contributed by atoms with Crippen LogP contribution >= 0.6 is 0 Å². The van der Waals surface area contributed by atoms with Crippen LogP contribution in [0.15, 0.2) is 33.7 Å². The quantitative estimate of drug-likeness (QED) is 0.166. The van der Waals surface area contributed by atoms with E-state index in [2.05, 4.69) is 15.8 Å². The maximum absolute atomic E-state index is 12.6. The highest BCUT2D eigenvalue weighted by molar-refractivity contribution is 5.96. The molecule has 4 rings (SSSR count). The summed E-state index contributed by atoms with van der Waals surface area (Å²) in [5.74, 6) is -3.20. The van der Waals surface area contributed by atoms with Crippen LogP contribution < -0.4 is 27.8 Å². The molecule has 4 heterocycles. The first kappa shape index (κ1) is 28.4. The number of nitrogens with zero attached hydrogens (tertiary/aromatic N) is 1. The lowest BCUT2D eigenvalue weighted by Crippen LogP contribution is -2.54. The van der Waals surface area contributed by atoms with Crippen molar-refractivity contribution in [2.24, 2.45) is 5.73 Å². The van der Waals surface area contributed by atoms with Gasteiger partial charge in [-0.25, -0.2) is 10.3 Å². The number of aliphatic hydroxyl groups is 2. The highest BCUT2D eigenvalue weighted by Crippen LogP contribution is 2.35. The fourth-order valence-corrected chi connectivity index (χ4v) is 4.30. The number of nitrogens with one attached hydrogen (secondary N) is 3. The van der Waals surface area contributed by atoms with Gasteiger partial charge in [-0.3, -0.25) is 33.6 Å². The van der Waals surface area contributed by atoms with E-state index in [0.717, 1.165) is 22.9 Å². The van der Waals surface area contributed by atoms with Crippen LogP contribution in [0.3, 0.4) is 0 Å². The van der Waals surface area contributed by atoms with Crippen LogP contribution in [0.2, 0.25) is 0 Å². The Bertz CT molecular complexity index is 1250. The van der Waals surface area contributed by atoms with Crippen LogP contribution in [0.25, 0.3) is 0 Å². The number of hydrogen-bond donors (Lipinski definition) is 6. The molecule has 9 atom stereocenters. The molecule has 3 aliphatic heterocycles. The van der Waals surface area contributed by atoms with E-state index in [9.17, 15) is 34.2 Å². The lowest BCUT2D eigenvalue weighted by molar-refractivity contribution is -0.241. The zero-order valence-corrected chi connectivity index (χ0v) is 20.5. The molecule has 0 spiro atoms. The summed E-state index contributed by atoms with van der Waals surface area (Å²) in [6.07, 6.45) is -9.68. The van der Waals surface area contributed by atoms with E-state index in [1.54, 1.807) is 0 Å². The first-order valence-electron chi connectivity index (χ1n) is 11.5. The van der Waals surface area contributed by atoms with Crippen LogP contribution in [0, 0.1) is 0 Å². The average molecular weight is 557 g/mol. The fraction of sp³-hybridized carbons (Fsp3) is 0.571. The summed E-state index contributed by atoms with van der Waals surface area (Å²) in [5.41, 5.74) is 6.13. The van der Waals surface area contributed by atoms with Crippen molar-refractivity contribution in [3.8, 4) is 0 Å². The summed E-state index contributed by atoms with van der Waals surface area (Å²) >= 11 is 0. The monoisotopic (exact) mass is 557 g/mol. The number of ether oxygens (including phenoxy) is 5.